The number of H-pyrrole nitrogens is 1. The fourth-order valence-electron chi connectivity index (χ4n) is 1.91. The Hall–Kier alpha value is -2.11. The second-order valence-corrected chi connectivity index (χ2v) is 5.39. The summed E-state index contributed by atoms with van der Waals surface area (Å²) in [6.45, 7) is 7.86. The summed E-state index contributed by atoms with van der Waals surface area (Å²) in [5.74, 6) is 0.708. The van der Waals surface area contributed by atoms with Gasteiger partial charge in [-0.05, 0) is 19.9 Å². The maximum atomic E-state index is 12.0. The van der Waals surface area contributed by atoms with Gasteiger partial charge in [0.1, 0.15) is 5.76 Å². The second-order valence-electron chi connectivity index (χ2n) is 5.39. The molecule has 0 aliphatic heterocycles. The van der Waals surface area contributed by atoms with Gasteiger partial charge in [0, 0.05) is 30.1 Å². The van der Waals surface area contributed by atoms with Gasteiger partial charge in [0.25, 0.3) is 5.91 Å². The van der Waals surface area contributed by atoms with E-state index >= 15 is 0 Å². The van der Waals surface area contributed by atoms with Crippen LogP contribution in [-0.2, 0) is 6.42 Å². The van der Waals surface area contributed by atoms with Gasteiger partial charge in [-0.3, -0.25) is 9.89 Å². The number of hydrogen-bond acceptors (Lipinski definition) is 4. The quantitative estimate of drug-likeness (QED) is 0.876. The fraction of sp³-hybridized carbons (Fsp3) is 0.500. The van der Waals surface area contributed by atoms with Gasteiger partial charge in [-0.1, -0.05) is 19.0 Å². The monoisotopic (exact) mass is 276 g/mol. The molecule has 0 aliphatic rings. The number of amides is 1. The van der Waals surface area contributed by atoms with Crippen molar-refractivity contribution in [3.63, 3.8) is 0 Å². The molecule has 0 fully saturated rings. The molecule has 6 nitrogen and oxygen atoms in total. The van der Waals surface area contributed by atoms with Crippen molar-refractivity contribution in [3.8, 4) is 0 Å². The molecule has 1 unspecified atom stereocenters. The Morgan fingerprint density at radius 2 is 2.15 bits per heavy atom. The average Bonchev–Trinajstić information content (AvgIpc) is 2.98. The molecule has 2 N–H and O–H groups in total. The largest absolute Gasteiger partial charge is 0.360 e. The lowest BCUT2D eigenvalue weighted by molar-refractivity contribution is 0.0930. The van der Waals surface area contributed by atoms with Crippen LogP contribution >= 0.6 is 0 Å². The average molecular weight is 276 g/mol. The van der Waals surface area contributed by atoms with Crippen LogP contribution in [0.2, 0.25) is 0 Å². The third-order valence-corrected chi connectivity index (χ3v) is 2.98. The Labute approximate surface area is 117 Å². The lowest BCUT2D eigenvalue weighted by atomic mass is 10.1. The van der Waals surface area contributed by atoms with E-state index in [-0.39, 0.29) is 17.9 Å². The van der Waals surface area contributed by atoms with Crippen molar-refractivity contribution in [2.45, 2.75) is 46.1 Å². The first-order valence-corrected chi connectivity index (χ1v) is 6.74. The van der Waals surface area contributed by atoms with Gasteiger partial charge in [-0.25, -0.2) is 0 Å². The van der Waals surface area contributed by atoms with E-state index in [0.717, 1.165) is 11.4 Å². The molecule has 0 bridgehead atoms. The molecule has 1 amide bonds. The minimum Gasteiger partial charge on any atom is -0.360 e. The van der Waals surface area contributed by atoms with Crippen LogP contribution in [0.3, 0.4) is 0 Å². The van der Waals surface area contributed by atoms with Crippen molar-refractivity contribution in [2.24, 2.45) is 0 Å². The van der Waals surface area contributed by atoms with E-state index in [0.29, 0.717) is 17.9 Å². The first-order chi connectivity index (χ1) is 9.45. The van der Waals surface area contributed by atoms with Crippen LogP contribution < -0.4 is 5.32 Å². The molecule has 108 valence electrons. The zero-order valence-electron chi connectivity index (χ0n) is 12.2. The second kappa shape index (κ2) is 5.90. The van der Waals surface area contributed by atoms with E-state index in [9.17, 15) is 4.79 Å². The topological polar surface area (TPSA) is 83.8 Å². The number of nitrogens with one attached hydrogen (secondary N) is 2. The molecule has 0 aromatic carbocycles. The van der Waals surface area contributed by atoms with Gasteiger partial charge < -0.3 is 9.84 Å². The summed E-state index contributed by atoms with van der Waals surface area (Å²) >= 11 is 0. The third kappa shape index (κ3) is 3.46. The highest BCUT2D eigenvalue weighted by Crippen LogP contribution is 2.15. The van der Waals surface area contributed by atoms with Gasteiger partial charge in [0.2, 0.25) is 0 Å². The molecule has 20 heavy (non-hydrogen) atoms. The molecule has 2 heterocycles. The minimum absolute atomic E-state index is 0.0237. The Morgan fingerprint density at radius 3 is 2.70 bits per heavy atom. The van der Waals surface area contributed by atoms with Crippen molar-refractivity contribution in [2.75, 3.05) is 0 Å². The van der Waals surface area contributed by atoms with Crippen LogP contribution in [0.15, 0.2) is 16.7 Å². The molecular formula is C14H20N4O2. The van der Waals surface area contributed by atoms with E-state index in [2.05, 4.69) is 20.7 Å². The lowest BCUT2D eigenvalue weighted by Crippen LogP contribution is -2.34. The predicted octanol–water partition coefficient (Wildman–Crippen LogP) is 2.19. The molecule has 0 saturated carbocycles. The van der Waals surface area contributed by atoms with Crippen molar-refractivity contribution < 1.29 is 9.32 Å². The minimum atomic E-state index is -0.222. The fourth-order valence-corrected chi connectivity index (χ4v) is 1.91. The molecule has 2 rings (SSSR count). The smallest absolute Gasteiger partial charge is 0.273 e. The standard InChI is InChI=1S/C14H20N4O2/c1-8(2)13-7-12(18-20-13)14(19)15-9(3)5-11-6-10(4)16-17-11/h6-9H,5H2,1-4H3,(H,15,19)(H,16,17). The summed E-state index contributed by atoms with van der Waals surface area (Å²) in [5.41, 5.74) is 2.26. The van der Waals surface area contributed by atoms with Gasteiger partial charge >= 0.3 is 0 Å². The Balaban J connectivity index is 1.93. The molecule has 0 aliphatic carbocycles. The Kier molecular flexibility index (Phi) is 4.22. The highest BCUT2D eigenvalue weighted by atomic mass is 16.5. The normalized spacial score (nSPS) is 12.7. The van der Waals surface area contributed by atoms with Crippen molar-refractivity contribution in [1.29, 1.82) is 0 Å². The SMILES string of the molecule is Cc1cc(CC(C)NC(=O)c2cc(C(C)C)on2)n[nH]1. The van der Waals surface area contributed by atoms with Gasteiger partial charge in [0.05, 0.1) is 5.69 Å². The molecular weight excluding hydrogens is 256 g/mol. The number of hydrogen-bond donors (Lipinski definition) is 2. The predicted molar refractivity (Wildman–Crippen MR) is 74.5 cm³/mol. The first kappa shape index (κ1) is 14.3. The molecule has 0 saturated heterocycles. The number of aromatic nitrogens is 3. The summed E-state index contributed by atoms with van der Waals surface area (Å²) in [6, 6.07) is 3.63. The molecule has 1 atom stereocenters. The number of nitrogens with zero attached hydrogens (tertiary/aromatic N) is 2. The van der Waals surface area contributed by atoms with Crippen LogP contribution in [0.5, 0.6) is 0 Å². The van der Waals surface area contributed by atoms with Gasteiger partial charge in [-0.15, -0.1) is 0 Å². The number of aromatic amines is 1. The summed E-state index contributed by atoms with van der Waals surface area (Å²) in [4.78, 5) is 12.0. The van der Waals surface area contributed by atoms with E-state index < -0.39 is 0 Å². The first-order valence-electron chi connectivity index (χ1n) is 6.74. The molecule has 2 aromatic rings. The summed E-state index contributed by atoms with van der Waals surface area (Å²) in [5, 5.41) is 13.7. The lowest BCUT2D eigenvalue weighted by Gasteiger charge is -2.10. The van der Waals surface area contributed by atoms with Gasteiger partial charge in [0.15, 0.2) is 5.69 Å². The van der Waals surface area contributed by atoms with Crippen LogP contribution in [-0.4, -0.2) is 27.3 Å². The highest BCUT2D eigenvalue weighted by Gasteiger charge is 2.16. The van der Waals surface area contributed by atoms with E-state index in [1.165, 1.54) is 0 Å². The summed E-state index contributed by atoms with van der Waals surface area (Å²) < 4.78 is 5.12. The van der Waals surface area contributed by atoms with Crippen molar-refractivity contribution in [3.05, 3.63) is 35.0 Å². The van der Waals surface area contributed by atoms with Gasteiger partial charge in [-0.2, -0.15) is 5.10 Å². The van der Waals surface area contributed by atoms with E-state index in [4.69, 9.17) is 4.52 Å². The zero-order valence-corrected chi connectivity index (χ0v) is 12.2. The highest BCUT2D eigenvalue weighted by molar-refractivity contribution is 5.92. The van der Waals surface area contributed by atoms with Crippen LogP contribution in [0.1, 0.15) is 54.3 Å². The molecule has 2 aromatic heterocycles. The van der Waals surface area contributed by atoms with Crippen LogP contribution in [0, 0.1) is 6.92 Å². The number of aryl methyl sites for hydroxylation is 1. The molecule has 6 heteroatoms. The Bertz CT molecular complexity index is 586. The summed E-state index contributed by atoms with van der Waals surface area (Å²) in [7, 11) is 0. The molecule has 0 radical (unpaired) electrons. The number of carbonyl (C=O) groups is 1. The zero-order chi connectivity index (χ0) is 14.7. The summed E-state index contributed by atoms with van der Waals surface area (Å²) in [6.07, 6.45) is 0.672. The maximum Gasteiger partial charge on any atom is 0.273 e. The number of rotatable bonds is 5. The maximum absolute atomic E-state index is 12.0. The Morgan fingerprint density at radius 1 is 1.40 bits per heavy atom. The van der Waals surface area contributed by atoms with Crippen LogP contribution in [0.4, 0.5) is 0 Å². The number of carbonyl (C=O) groups excluding carboxylic acids is 1. The van der Waals surface area contributed by atoms with Crippen LogP contribution in [0.25, 0.3) is 0 Å². The van der Waals surface area contributed by atoms with Crippen molar-refractivity contribution in [1.82, 2.24) is 20.7 Å². The van der Waals surface area contributed by atoms with Crippen molar-refractivity contribution >= 4 is 5.91 Å². The van der Waals surface area contributed by atoms with E-state index in [1.807, 2.05) is 33.8 Å². The van der Waals surface area contributed by atoms with E-state index in [1.54, 1.807) is 6.07 Å². The third-order valence-electron chi connectivity index (χ3n) is 2.98. The molecule has 0 spiro atoms.